The van der Waals surface area contributed by atoms with Gasteiger partial charge >= 0.3 is 11.9 Å². The molecule has 0 aliphatic carbocycles. The van der Waals surface area contributed by atoms with Gasteiger partial charge in [-0.15, -0.1) is 0 Å². The summed E-state index contributed by atoms with van der Waals surface area (Å²) in [5, 5.41) is 6.38. The third kappa shape index (κ3) is 15.6. The fourth-order valence-electron chi connectivity index (χ4n) is 2.62. The van der Waals surface area contributed by atoms with Gasteiger partial charge in [-0.25, -0.2) is 4.79 Å². The minimum Gasteiger partial charge on any atom is -0.481 e. The molecule has 1 atom stereocenters. The lowest BCUT2D eigenvalue weighted by Crippen LogP contribution is -2.34. The van der Waals surface area contributed by atoms with Crippen molar-refractivity contribution >= 4 is 22.1 Å². The van der Waals surface area contributed by atoms with E-state index in [1.807, 2.05) is 0 Å². The predicted octanol–water partition coefficient (Wildman–Crippen LogP) is 3.89. The van der Waals surface area contributed by atoms with Crippen molar-refractivity contribution < 1.29 is 37.4 Å². The number of hydrogen-bond donors (Lipinski definition) is 2. The summed E-state index contributed by atoms with van der Waals surface area (Å²) in [7, 11) is -4.86. The van der Waals surface area contributed by atoms with Crippen LogP contribution in [0.25, 0.3) is 0 Å². The molecule has 2 N–H and O–H groups in total. The van der Waals surface area contributed by atoms with Gasteiger partial charge in [-0.3, -0.25) is 14.2 Å². The molecule has 1 unspecified atom stereocenters. The molecule has 0 rings (SSSR count). The number of carboxylic acids is 1. The first kappa shape index (κ1) is 25.8. The van der Waals surface area contributed by atoms with Crippen molar-refractivity contribution in [2.24, 2.45) is 0 Å². The van der Waals surface area contributed by atoms with Gasteiger partial charge in [0.2, 0.25) is 0 Å². The molecule has 0 aromatic rings. The van der Waals surface area contributed by atoms with Crippen LogP contribution in [0.1, 0.15) is 90.4 Å². The largest absolute Gasteiger partial charge is 0.481 e. The molecular formula is C18H34O8S. The van der Waals surface area contributed by atoms with Gasteiger partial charge in [0, 0.05) is 0 Å². The molecule has 0 saturated heterocycles. The quantitative estimate of drug-likeness (QED) is 0.151. The molecule has 0 aromatic heterocycles. The van der Waals surface area contributed by atoms with Gasteiger partial charge in [-0.05, 0) is 6.42 Å². The summed E-state index contributed by atoms with van der Waals surface area (Å²) >= 11 is 0. The van der Waals surface area contributed by atoms with E-state index in [-0.39, 0.29) is 6.61 Å². The number of carbonyl (C=O) groups excluding carboxylic acids is 1. The SMILES string of the molecule is CCCCCCCCCCCCCCOOC(=O)C(CC(=O)O)S(=O)(=O)O. The van der Waals surface area contributed by atoms with Crippen molar-refractivity contribution in [3.63, 3.8) is 0 Å². The maximum absolute atomic E-state index is 11.5. The van der Waals surface area contributed by atoms with E-state index in [0.29, 0.717) is 6.42 Å². The summed E-state index contributed by atoms with van der Waals surface area (Å²) in [6.45, 7) is 2.30. The molecule has 0 bridgehead atoms. The molecule has 0 aliphatic heterocycles. The second-order valence-corrected chi connectivity index (χ2v) is 8.31. The Morgan fingerprint density at radius 3 is 1.70 bits per heavy atom. The smallest absolute Gasteiger partial charge is 0.363 e. The fraction of sp³-hybridized carbons (Fsp3) is 0.889. The van der Waals surface area contributed by atoms with Crippen molar-refractivity contribution in [1.29, 1.82) is 0 Å². The summed E-state index contributed by atoms with van der Waals surface area (Å²) < 4.78 is 30.8. The molecule has 8 nitrogen and oxygen atoms in total. The maximum Gasteiger partial charge on any atom is 0.363 e. The van der Waals surface area contributed by atoms with Gasteiger partial charge in [0.15, 0.2) is 5.25 Å². The average molecular weight is 411 g/mol. The van der Waals surface area contributed by atoms with E-state index >= 15 is 0 Å². The van der Waals surface area contributed by atoms with Gasteiger partial charge in [-0.1, -0.05) is 77.6 Å². The number of hydrogen-bond acceptors (Lipinski definition) is 6. The highest BCUT2D eigenvalue weighted by Crippen LogP contribution is 2.12. The zero-order valence-corrected chi connectivity index (χ0v) is 17.0. The Hall–Kier alpha value is -1.19. The van der Waals surface area contributed by atoms with Crippen LogP contribution in [0.5, 0.6) is 0 Å². The monoisotopic (exact) mass is 410 g/mol. The second kappa shape index (κ2) is 15.8. The van der Waals surface area contributed by atoms with Crippen LogP contribution in [0.3, 0.4) is 0 Å². The molecule has 0 fully saturated rings. The molecule has 160 valence electrons. The number of carbonyl (C=O) groups is 2. The molecular weight excluding hydrogens is 376 g/mol. The number of aliphatic carboxylic acids is 1. The highest BCUT2D eigenvalue weighted by Gasteiger charge is 2.35. The van der Waals surface area contributed by atoms with Crippen LogP contribution in [0.15, 0.2) is 0 Å². The van der Waals surface area contributed by atoms with Crippen molar-refractivity contribution in [1.82, 2.24) is 0 Å². The Balaban J connectivity index is 3.60. The van der Waals surface area contributed by atoms with E-state index in [1.54, 1.807) is 0 Å². The fourth-order valence-corrected chi connectivity index (χ4v) is 3.26. The Labute approximate surface area is 162 Å². The molecule has 0 saturated carbocycles. The van der Waals surface area contributed by atoms with Crippen LogP contribution in [0.2, 0.25) is 0 Å². The lowest BCUT2D eigenvalue weighted by molar-refractivity contribution is -0.272. The molecule has 0 amide bonds. The first-order valence-electron chi connectivity index (χ1n) is 9.80. The lowest BCUT2D eigenvalue weighted by Gasteiger charge is -2.10. The maximum atomic E-state index is 11.5. The van der Waals surface area contributed by atoms with E-state index < -0.39 is 33.7 Å². The highest BCUT2D eigenvalue weighted by molar-refractivity contribution is 7.87. The molecule has 9 heteroatoms. The summed E-state index contributed by atoms with van der Waals surface area (Å²) in [5.41, 5.74) is 0. The summed E-state index contributed by atoms with van der Waals surface area (Å²) in [6, 6.07) is 0. The third-order valence-electron chi connectivity index (χ3n) is 4.20. The summed E-state index contributed by atoms with van der Waals surface area (Å²) in [6.07, 6.45) is 12.9. The molecule has 0 aliphatic rings. The zero-order valence-electron chi connectivity index (χ0n) is 16.2. The highest BCUT2D eigenvalue weighted by atomic mass is 32.2. The molecule has 0 heterocycles. The van der Waals surface area contributed by atoms with Crippen LogP contribution in [-0.2, 0) is 29.5 Å². The average Bonchev–Trinajstić information content (AvgIpc) is 2.58. The van der Waals surface area contributed by atoms with E-state index in [9.17, 15) is 18.0 Å². The van der Waals surface area contributed by atoms with Crippen molar-refractivity contribution in [3.8, 4) is 0 Å². The Morgan fingerprint density at radius 1 is 0.852 bits per heavy atom. The van der Waals surface area contributed by atoms with Crippen LogP contribution in [-0.4, -0.2) is 41.9 Å². The minimum absolute atomic E-state index is 0.0917. The number of unbranched alkanes of at least 4 members (excludes halogenated alkanes) is 11. The number of rotatable bonds is 18. The molecule has 0 spiro atoms. The summed E-state index contributed by atoms with van der Waals surface area (Å²) in [4.78, 5) is 30.9. The first-order chi connectivity index (χ1) is 12.8. The van der Waals surface area contributed by atoms with Gasteiger partial charge in [0.1, 0.15) is 0 Å². The van der Waals surface area contributed by atoms with Gasteiger partial charge in [-0.2, -0.15) is 13.3 Å². The second-order valence-electron chi connectivity index (χ2n) is 6.71. The van der Waals surface area contributed by atoms with Crippen molar-refractivity contribution in [2.45, 2.75) is 95.6 Å². The van der Waals surface area contributed by atoms with Crippen LogP contribution in [0, 0.1) is 0 Å². The van der Waals surface area contributed by atoms with E-state index in [0.717, 1.165) is 19.3 Å². The Kier molecular flexibility index (Phi) is 15.1. The van der Waals surface area contributed by atoms with Crippen LogP contribution < -0.4 is 0 Å². The third-order valence-corrected chi connectivity index (χ3v) is 5.28. The van der Waals surface area contributed by atoms with E-state index in [1.165, 1.54) is 51.4 Å². The zero-order chi connectivity index (χ0) is 20.5. The number of carboxylic acid groups (broad SMARTS) is 1. The van der Waals surface area contributed by atoms with Crippen molar-refractivity contribution in [3.05, 3.63) is 0 Å². The summed E-state index contributed by atoms with van der Waals surface area (Å²) in [5.74, 6) is -2.98. The molecule has 0 radical (unpaired) electrons. The minimum atomic E-state index is -4.86. The van der Waals surface area contributed by atoms with Crippen LogP contribution in [0.4, 0.5) is 0 Å². The van der Waals surface area contributed by atoms with E-state index in [2.05, 4.69) is 16.7 Å². The molecule has 0 aromatic carbocycles. The van der Waals surface area contributed by atoms with Crippen LogP contribution >= 0.6 is 0 Å². The Morgan fingerprint density at radius 2 is 1.30 bits per heavy atom. The van der Waals surface area contributed by atoms with E-state index in [4.69, 9.17) is 9.66 Å². The topological polar surface area (TPSA) is 127 Å². The van der Waals surface area contributed by atoms with Gasteiger partial charge in [0.25, 0.3) is 10.1 Å². The predicted molar refractivity (Wildman–Crippen MR) is 101 cm³/mol. The van der Waals surface area contributed by atoms with Gasteiger partial charge in [0.05, 0.1) is 13.0 Å². The molecule has 27 heavy (non-hydrogen) atoms. The standard InChI is InChI=1S/C18H34O8S/c1-2-3-4-5-6-7-8-9-10-11-12-13-14-25-26-18(21)16(15-17(19)20)27(22,23)24/h16H,2-15H2,1H3,(H,19,20)(H,22,23,24). The van der Waals surface area contributed by atoms with Crippen molar-refractivity contribution in [2.75, 3.05) is 6.61 Å². The first-order valence-corrected chi connectivity index (χ1v) is 11.3. The lowest BCUT2D eigenvalue weighted by atomic mass is 10.1. The Bertz CT molecular complexity index is 503. The van der Waals surface area contributed by atoms with Gasteiger partial charge < -0.3 is 5.11 Å². The normalized spacial score (nSPS) is 12.7.